The summed E-state index contributed by atoms with van der Waals surface area (Å²) in [5.74, 6) is 1.07. The number of aromatic hydroxyl groups is 1. The van der Waals surface area contributed by atoms with E-state index in [0.29, 0.717) is 35.7 Å². The topological polar surface area (TPSA) is 151 Å². The van der Waals surface area contributed by atoms with Gasteiger partial charge in [0.25, 0.3) is 0 Å². The first-order valence-electron chi connectivity index (χ1n) is 16.3. The highest BCUT2D eigenvalue weighted by atomic mass is 16.7. The molecule has 0 unspecified atom stereocenters. The highest BCUT2D eigenvalue weighted by Crippen LogP contribution is 2.41. The third-order valence-corrected chi connectivity index (χ3v) is 9.03. The maximum absolute atomic E-state index is 14.3. The zero-order valence-electron chi connectivity index (χ0n) is 27.8. The number of ether oxygens (including phenoxy) is 4. The number of allylic oxidation sites excluding steroid dienone is 2. The Bertz CT molecular complexity index is 1600. The molecule has 2 aromatic carbocycles. The molecule has 5 atom stereocenters. The molecule has 11 heteroatoms. The fourth-order valence-electron chi connectivity index (χ4n) is 6.01. The van der Waals surface area contributed by atoms with Gasteiger partial charge in [-0.05, 0) is 89.7 Å². The molecule has 11 nitrogen and oxygen atoms in total. The molecule has 0 radical (unpaired) electrons. The number of benzene rings is 2. The van der Waals surface area contributed by atoms with Crippen molar-refractivity contribution in [2.75, 3.05) is 33.4 Å². The van der Waals surface area contributed by atoms with Crippen LogP contribution in [0.15, 0.2) is 51.2 Å². The van der Waals surface area contributed by atoms with E-state index < -0.39 is 36.1 Å². The van der Waals surface area contributed by atoms with Gasteiger partial charge in [-0.15, -0.1) is 0 Å². The van der Waals surface area contributed by atoms with Crippen LogP contribution in [0.2, 0.25) is 0 Å². The summed E-state index contributed by atoms with van der Waals surface area (Å²) in [6.45, 7) is 11.2. The molecule has 0 aliphatic carbocycles. The standard InChI is InChI=1S/C36H47NO10/c1-20(2)7-12-25-27(44-18-6-15-37-16-13-21(3)14-17-37)19-26(38)28-30(40)35(47-36-32(42)31(41)29(39)22(4)45-36)33(46-34(25)28)23-8-10-24(43-5)11-9-23/h7-11,19,21-22,29,31-32,36,38-39,41-42H,6,12-18H2,1-5H3/t22-,29-,31+,32+,36-/m1/s1. The van der Waals surface area contributed by atoms with Gasteiger partial charge >= 0.3 is 0 Å². The number of nitrogens with zero attached hydrogens (tertiary/aromatic N) is 1. The Labute approximate surface area is 274 Å². The Hall–Kier alpha value is -3.61. The zero-order chi connectivity index (χ0) is 33.8. The molecule has 0 bridgehead atoms. The normalized spacial score (nSPS) is 23.9. The van der Waals surface area contributed by atoms with Crippen LogP contribution >= 0.6 is 0 Å². The highest BCUT2D eigenvalue weighted by Gasteiger charge is 2.44. The van der Waals surface area contributed by atoms with Crippen molar-refractivity contribution in [1.29, 1.82) is 0 Å². The van der Waals surface area contributed by atoms with Gasteiger partial charge in [0.1, 0.15) is 46.5 Å². The number of fused-ring (bicyclic) bond motifs is 1. The van der Waals surface area contributed by atoms with Crippen LogP contribution in [0.25, 0.3) is 22.3 Å². The Morgan fingerprint density at radius 1 is 1.04 bits per heavy atom. The Balaban J connectivity index is 1.58. The summed E-state index contributed by atoms with van der Waals surface area (Å²) >= 11 is 0. The highest BCUT2D eigenvalue weighted by molar-refractivity contribution is 5.91. The zero-order valence-corrected chi connectivity index (χ0v) is 27.8. The summed E-state index contributed by atoms with van der Waals surface area (Å²) in [5, 5.41) is 42.4. The van der Waals surface area contributed by atoms with E-state index in [2.05, 4.69) is 11.8 Å². The van der Waals surface area contributed by atoms with Crippen LogP contribution in [-0.4, -0.2) is 89.4 Å². The van der Waals surface area contributed by atoms with E-state index in [4.69, 9.17) is 23.4 Å². The number of hydrogen-bond acceptors (Lipinski definition) is 11. The molecular weight excluding hydrogens is 606 g/mol. The number of hydrogen-bond donors (Lipinski definition) is 4. The third-order valence-electron chi connectivity index (χ3n) is 9.03. The summed E-state index contributed by atoms with van der Waals surface area (Å²) in [6.07, 6.45) is -1.48. The summed E-state index contributed by atoms with van der Waals surface area (Å²) in [5.41, 5.74) is 1.52. The lowest BCUT2D eigenvalue weighted by Crippen LogP contribution is -2.58. The molecule has 2 aliphatic heterocycles. The van der Waals surface area contributed by atoms with Crippen molar-refractivity contribution in [1.82, 2.24) is 4.90 Å². The van der Waals surface area contributed by atoms with Crippen molar-refractivity contribution in [3.8, 4) is 34.3 Å². The fraction of sp³-hybridized carbons (Fsp3) is 0.528. The van der Waals surface area contributed by atoms with Crippen LogP contribution in [-0.2, 0) is 11.2 Å². The molecule has 2 aliphatic rings. The van der Waals surface area contributed by atoms with Gasteiger partial charge in [-0.3, -0.25) is 4.79 Å². The predicted octanol–water partition coefficient (Wildman–Crippen LogP) is 4.39. The summed E-state index contributed by atoms with van der Waals surface area (Å²) in [6, 6.07) is 8.20. The smallest absolute Gasteiger partial charge is 0.239 e. The second kappa shape index (κ2) is 15.1. The minimum Gasteiger partial charge on any atom is -0.507 e. The van der Waals surface area contributed by atoms with E-state index in [0.717, 1.165) is 37.5 Å². The number of phenolic OH excluding ortho intramolecular Hbond substituents is 1. The molecule has 1 aromatic heterocycles. The summed E-state index contributed by atoms with van der Waals surface area (Å²) < 4.78 is 29.7. The monoisotopic (exact) mass is 653 g/mol. The summed E-state index contributed by atoms with van der Waals surface area (Å²) in [7, 11) is 1.54. The van der Waals surface area contributed by atoms with E-state index in [-0.39, 0.29) is 28.2 Å². The molecule has 2 saturated heterocycles. The third kappa shape index (κ3) is 7.76. The average molecular weight is 654 g/mol. The first-order chi connectivity index (χ1) is 22.5. The van der Waals surface area contributed by atoms with Gasteiger partial charge in [0.15, 0.2) is 5.76 Å². The molecule has 3 heterocycles. The second-order valence-corrected chi connectivity index (χ2v) is 12.9. The van der Waals surface area contributed by atoms with E-state index in [1.165, 1.54) is 32.9 Å². The van der Waals surface area contributed by atoms with Crippen LogP contribution < -0.4 is 19.6 Å². The van der Waals surface area contributed by atoms with E-state index in [9.17, 15) is 25.2 Å². The minimum absolute atomic E-state index is 0.0172. The lowest BCUT2D eigenvalue weighted by molar-refractivity contribution is -0.268. The van der Waals surface area contributed by atoms with Gasteiger partial charge in [0.2, 0.25) is 17.5 Å². The lowest BCUT2D eigenvalue weighted by atomic mass is 9.99. The van der Waals surface area contributed by atoms with Gasteiger partial charge in [-0.25, -0.2) is 0 Å². The van der Waals surface area contributed by atoms with Crippen molar-refractivity contribution >= 4 is 11.0 Å². The maximum Gasteiger partial charge on any atom is 0.239 e. The largest absolute Gasteiger partial charge is 0.507 e. The lowest BCUT2D eigenvalue weighted by Gasteiger charge is -2.38. The molecule has 0 spiro atoms. The van der Waals surface area contributed by atoms with Crippen LogP contribution in [0.3, 0.4) is 0 Å². The van der Waals surface area contributed by atoms with Crippen molar-refractivity contribution in [3.63, 3.8) is 0 Å². The number of methoxy groups -OCH3 is 1. The number of aliphatic hydroxyl groups is 3. The molecule has 5 rings (SSSR count). The van der Waals surface area contributed by atoms with Gasteiger partial charge in [-0.2, -0.15) is 0 Å². The van der Waals surface area contributed by atoms with E-state index >= 15 is 0 Å². The van der Waals surface area contributed by atoms with Gasteiger partial charge in [-0.1, -0.05) is 18.6 Å². The summed E-state index contributed by atoms with van der Waals surface area (Å²) in [4.78, 5) is 16.7. The Morgan fingerprint density at radius 2 is 1.74 bits per heavy atom. The number of aliphatic hydroxyl groups excluding tert-OH is 3. The first-order valence-corrected chi connectivity index (χ1v) is 16.3. The molecule has 47 heavy (non-hydrogen) atoms. The second-order valence-electron chi connectivity index (χ2n) is 12.9. The fourth-order valence-corrected chi connectivity index (χ4v) is 6.01. The average Bonchev–Trinajstić information content (AvgIpc) is 3.05. The minimum atomic E-state index is -1.68. The van der Waals surface area contributed by atoms with Crippen LogP contribution in [0.4, 0.5) is 0 Å². The van der Waals surface area contributed by atoms with E-state index in [1.807, 2.05) is 19.9 Å². The van der Waals surface area contributed by atoms with Crippen molar-refractivity contribution in [2.24, 2.45) is 5.92 Å². The van der Waals surface area contributed by atoms with Crippen LogP contribution in [0.5, 0.6) is 23.0 Å². The SMILES string of the molecule is COc1ccc(-c2oc3c(CC=C(C)C)c(OCCCN4CCC(C)CC4)cc(O)c3c(=O)c2O[C@H]2O[C@H](C)[C@@H](O)[C@H](O)[C@@H]2O)cc1. The van der Waals surface area contributed by atoms with Crippen LogP contribution in [0, 0.1) is 5.92 Å². The molecule has 2 fully saturated rings. The van der Waals surface area contributed by atoms with Crippen molar-refractivity contribution in [2.45, 2.75) is 84.1 Å². The Morgan fingerprint density at radius 3 is 2.40 bits per heavy atom. The molecule has 256 valence electrons. The number of likely N-dealkylation sites (tertiary alicyclic amines) is 1. The molecule has 0 amide bonds. The quantitative estimate of drug-likeness (QED) is 0.172. The molecular formula is C36H47NO10. The Kier molecular flexibility index (Phi) is 11.1. The maximum atomic E-state index is 14.3. The van der Waals surface area contributed by atoms with E-state index in [1.54, 1.807) is 24.3 Å². The number of rotatable bonds is 11. The number of phenols is 1. The first kappa shape index (κ1) is 34.7. The predicted molar refractivity (Wildman–Crippen MR) is 177 cm³/mol. The molecule has 0 saturated carbocycles. The van der Waals surface area contributed by atoms with Crippen molar-refractivity contribution in [3.05, 3.63) is 57.8 Å². The van der Waals surface area contributed by atoms with Crippen molar-refractivity contribution < 1.29 is 43.8 Å². The number of piperidine rings is 1. The van der Waals surface area contributed by atoms with Gasteiger partial charge in [0.05, 0.1) is 19.8 Å². The van der Waals surface area contributed by atoms with Gasteiger partial charge in [0, 0.05) is 23.7 Å². The molecule has 3 aromatic rings. The van der Waals surface area contributed by atoms with Crippen LogP contribution in [0.1, 0.15) is 52.5 Å². The molecule has 4 N–H and O–H groups in total. The van der Waals surface area contributed by atoms with Gasteiger partial charge < -0.3 is 48.7 Å².